The van der Waals surface area contributed by atoms with Crippen molar-refractivity contribution < 1.29 is 14.3 Å². The molecular formula is C18H21ClN2O3. The molecule has 0 aromatic heterocycles. The highest BCUT2D eigenvalue weighted by molar-refractivity contribution is 6.21. The molecule has 0 heterocycles. The zero-order chi connectivity index (χ0) is 17.5. The summed E-state index contributed by atoms with van der Waals surface area (Å²) in [6.07, 6.45) is 0. The summed E-state index contributed by atoms with van der Waals surface area (Å²) in [6, 6.07) is 14.6. The summed E-state index contributed by atoms with van der Waals surface area (Å²) in [5, 5.41) is 2.47. The number of carbonyl (C=O) groups excluding carboxylic acids is 1. The van der Waals surface area contributed by atoms with Crippen molar-refractivity contribution in [3.63, 3.8) is 0 Å². The number of halogens is 1. The van der Waals surface area contributed by atoms with Gasteiger partial charge in [-0.3, -0.25) is 0 Å². The number of hydrogen-bond donors (Lipinski definition) is 1. The highest BCUT2D eigenvalue weighted by Crippen LogP contribution is 2.26. The lowest BCUT2D eigenvalue weighted by Crippen LogP contribution is -2.27. The Bertz CT molecular complexity index is 691. The van der Waals surface area contributed by atoms with E-state index in [4.69, 9.17) is 21.1 Å². The van der Waals surface area contributed by atoms with Gasteiger partial charge in [0.15, 0.2) is 0 Å². The summed E-state index contributed by atoms with van der Waals surface area (Å²) in [5.41, 5.74) is 1.59. The molecule has 2 amide bonds. The van der Waals surface area contributed by atoms with Crippen LogP contribution in [0.3, 0.4) is 0 Å². The topological polar surface area (TPSA) is 50.8 Å². The summed E-state index contributed by atoms with van der Waals surface area (Å²) in [4.78, 5) is 13.1. The van der Waals surface area contributed by atoms with Crippen LogP contribution in [0.2, 0.25) is 0 Å². The van der Waals surface area contributed by atoms with E-state index in [0.717, 1.165) is 11.3 Å². The molecule has 0 aliphatic carbocycles. The smallest absolute Gasteiger partial charge is 0.321 e. The molecule has 0 bridgehead atoms. The minimum Gasteiger partial charge on any atom is -0.497 e. The third kappa shape index (κ3) is 5.06. The largest absolute Gasteiger partial charge is 0.497 e. The van der Waals surface area contributed by atoms with Crippen LogP contribution < -0.4 is 14.8 Å². The average molecular weight is 349 g/mol. The van der Waals surface area contributed by atoms with Gasteiger partial charge in [0.25, 0.3) is 0 Å². The monoisotopic (exact) mass is 348 g/mol. The molecule has 0 saturated heterocycles. The molecule has 24 heavy (non-hydrogen) atoms. The number of benzene rings is 2. The van der Waals surface area contributed by atoms with E-state index >= 15 is 0 Å². The number of nitrogens with one attached hydrogen (secondary N) is 1. The lowest BCUT2D eigenvalue weighted by molar-refractivity contribution is 0.230. The van der Waals surface area contributed by atoms with Gasteiger partial charge in [-0.15, -0.1) is 11.6 Å². The molecule has 1 N–H and O–H groups in total. The molecule has 0 aliphatic rings. The summed E-state index contributed by atoms with van der Waals surface area (Å²) in [6.45, 7) is 0.305. The lowest BCUT2D eigenvalue weighted by Gasteiger charge is -2.15. The first-order valence-corrected chi connectivity index (χ1v) is 7.92. The highest BCUT2D eigenvalue weighted by Gasteiger charge is 2.11. The zero-order valence-electron chi connectivity index (χ0n) is 14.0. The van der Waals surface area contributed by atoms with Crippen LogP contribution in [0.1, 0.15) is 10.9 Å². The Morgan fingerprint density at radius 1 is 1.17 bits per heavy atom. The van der Waals surface area contributed by atoms with Gasteiger partial charge in [-0.05, 0) is 29.8 Å². The maximum atomic E-state index is 11.7. The third-order valence-electron chi connectivity index (χ3n) is 3.34. The normalized spacial score (nSPS) is 11.5. The Balaban J connectivity index is 1.97. The van der Waals surface area contributed by atoms with Crippen molar-refractivity contribution in [3.8, 4) is 11.5 Å². The molecule has 2 aromatic carbocycles. The van der Waals surface area contributed by atoms with Crippen molar-refractivity contribution in [2.24, 2.45) is 0 Å². The van der Waals surface area contributed by atoms with E-state index in [-0.39, 0.29) is 11.4 Å². The molecule has 1 atom stereocenters. The fourth-order valence-corrected chi connectivity index (χ4v) is 2.20. The van der Waals surface area contributed by atoms with E-state index in [1.165, 1.54) is 4.90 Å². The first kappa shape index (κ1) is 17.9. The Kier molecular flexibility index (Phi) is 6.32. The second-order valence-corrected chi connectivity index (χ2v) is 5.93. The minimum atomic E-state index is -0.305. The molecular weight excluding hydrogens is 328 g/mol. The van der Waals surface area contributed by atoms with Crippen LogP contribution in [0, 0.1) is 0 Å². The van der Waals surface area contributed by atoms with Crippen molar-refractivity contribution >= 4 is 23.3 Å². The predicted octanol–water partition coefficient (Wildman–Crippen LogP) is 4.15. The molecule has 6 heteroatoms. The maximum absolute atomic E-state index is 11.7. The number of urea groups is 1. The van der Waals surface area contributed by atoms with E-state index in [9.17, 15) is 4.79 Å². The van der Waals surface area contributed by atoms with Crippen molar-refractivity contribution in [1.82, 2.24) is 4.90 Å². The Morgan fingerprint density at radius 3 is 2.58 bits per heavy atom. The van der Waals surface area contributed by atoms with Crippen molar-refractivity contribution in [1.29, 1.82) is 0 Å². The maximum Gasteiger partial charge on any atom is 0.321 e. The SMILES string of the molecule is COc1cccc(C(Cl)COc2cccc(NC(=O)N(C)C)c2)c1. The fourth-order valence-electron chi connectivity index (χ4n) is 2.00. The van der Waals surface area contributed by atoms with Crippen LogP contribution in [0.25, 0.3) is 0 Å². The number of alkyl halides is 1. The van der Waals surface area contributed by atoms with Crippen molar-refractivity contribution in [2.45, 2.75) is 5.38 Å². The van der Waals surface area contributed by atoms with Gasteiger partial charge in [-0.25, -0.2) is 4.79 Å². The summed E-state index contributed by atoms with van der Waals surface area (Å²) in [7, 11) is 4.98. The number of rotatable bonds is 6. The molecule has 0 radical (unpaired) electrons. The minimum absolute atomic E-state index is 0.196. The Morgan fingerprint density at radius 2 is 1.88 bits per heavy atom. The van der Waals surface area contributed by atoms with E-state index in [0.29, 0.717) is 18.0 Å². The zero-order valence-corrected chi connectivity index (χ0v) is 14.7. The second-order valence-electron chi connectivity index (χ2n) is 5.41. The second kappa shape index (κ2) is 8.45. The number of amides is 2. The average Bonchev–Trinajstić information content (AvgIpc) is 2.60. The first-order chi connectivity index (χ1) is 11.5. The van der Waals surface area contributed by atoms with Crippen LogP contribution in [0.4, 0.5) is 10.5 Å². The third-order valence-corrected chi connectivity index (χ3v) is 3.72. The van der Waals surface area contributed by atoms with E-state index < -0.39 is 0 Å². The number of hydrogen-bond acceptors (Lipinski definition) is 3. The fraction of sp³-hybridized carbons (Fsp3) is 0.278. The number of methoxy groups -OCH3 is 1. The van der Waals surface area contributed by atoms with Gasteiger partial charge >= 0.3 is 6.03 Å². The summed E-state index contributed by atoms with van der Waals surface area (Å²) >= 11 is 6.39. The van der Waals surface area contributed by atoms with Gasteiger partial charge in [-0.1, -0.05) is 18.2 Å². The van der Waals surface area contributed by atoms with Crippen LogP contribution in [0.15, 0.2) is 48.5 Å². The van der Waals surface area contributed by atoms with Gasteiger partial charge in [0, 0.05) is 25.8 Å². The molecule has 128 valence electrons. The molecule has 0 saturated carbocycles. The molecule has 2 aromatic rings. The van der Waals surface area contributed by atoms with Crippen molar-refractivity contribution in [2.75, 3.05) is 33.1 Å². The molecule has 0 aliphatic heterocycles. The van der Waals surface area contributed by atoms with Crippen LogP contribution >= 0.6 is 11.6 Å². The van der Waals surface area contributed by atoms with Crippen LogP contribution in [-0.2, 0) is 0 Å². The van der Waals surface area contributed by atoms with Gasteiger partial charge < -0.3 is 19.7 Å². The van der Waals surface area contributed by atoms with E-state index in [1.807, 2.05) is 36.4 Å². The van der Waals surface area contributed by atoms with Crippen LogP contribution in [0.5, 0.6) is 11.5 Å². The standard InChI is InChI=1S/C18H21ClN2O3/c1-21(2)18(22)20-14-7-5-9-16(11-14)24-12-17(19)13-6-4-8-15(10-13)23-3/h4-11,17H,12H2,1-3H3,(H,20,22). The molecule has 5 nitrogen and oxygen atoms in total. The molecule has 1 unspecified atom stereocenters. The van der Waals surface area contributed by atoms with Gasteiger partial charge in [0.05, 0.1) is 12.5 Å². The van der Waals surface area contributed by atoms with E-state index in [1.54, 1.807) is 33.3 Å². The quantitative estimate of drug-likeness (QED) is 0.798. The summed E-state index contributed by atoms with van der Waals surface area (Å²) < 4.78 is 10.9. The van der Waals surface area contributed by atoms with Crippen LogP contribution in [-0.4, -0.2) is 38.7 Å². The molecule has 0 spiro atoms. The molecule has 2 rings (SSSR count). The predicted molar refractivity (Wildman–Crippen MR) is 96.2 cm³/mol. The number of carbonyl (C=O) groups is 1. The highest BCUT2D eigenvalue weighted by atomic mass is 35.5. The first-order valence-electron chi connectivity index (χ1n) is 7.49. The summed E-state index contributed by atoms with van der Waals surface area (Å²) in [5.74, 6) is 1.40. The van der Waals surface area contributed by atoms with Crippen molar-refractivity contribution in [3.05, 3.63) is 54.1 Å². The number of anilines is 1. The number of nitrogens with zero attached hydrogens (tertiary/aromatic N) is 1. The Labute approximate surface area is 147 Å². The number of ether oxygens (including phenoxy) is 2. The van der Waals surface area contributed by atoms with Gasteiger partial charge in [0.2, 0.25) is 0 Å². The van der Waals surface area contributed by atoms with Gasteiger partial charge in [0.1, 0.15) is 18.1 Å². The van der Waals surface area contributed by atoms with Gasteiger partial charge in [-0.2, -0.15) is 0 Å². The lowest BCUT2D eigenvalue weighted by atomic mass is 10.1. The molecule has 0 fully saturated rings. The van der Waals surface area contributed by atoms with E-state index in [2.05, 4.69) is 5.32 Å². The Hall–Kier alpha value is -2.40.